The van der Waals surface area contributed by atoms with Crippen LogP contribution in [0.1, 0.15) is 24.3 Å². The molecule has 0 aromatic carbocycles. The lowest BCUT2D eigenvalue weighted by Gasteiger charge is -2.16. The Morgan fingerprint density at radius 1 is 1.67 bits per heavy atom. The summed E-state index contributed by atoms with van der Waals surface area (Å²) >= 11 is 5.18. The highest BCUT2D eigenvalue weighted by molar-refractivity contribution is 9.11. The van der Waals surface area contributed by atoms with E-state index >= 15 is 0 Å². The van der Waals surface area contributed by atoms with E-state index in [0.717, 1.165) is 10.3 Å². The fraction of sp³-hybridized carbons (Fsp3) is 0.500. The minimum Gasteiger partial charge on any atom is -0.354 e. The zero-order valence-corrected chi connectivity index (χ0v) is 10.8. The van der Waals surface area contributed by atoms with Gasteiger partial charge in [-0.2, -0.15) is 0 Å². The molecule has 1 aromatic heterocycles. The third kappa shape index (κ3) is 2.80. The third-order valence-corrected chi connectivity index (χ3v) is 4.29. The molecule has 0 aliphatic carbocycles. The number of rotatable bonds is 3. The number of amides is 1. The molecule has 1 amide bonds. The summed E-state index contributed by atoms with van der Waals surface area (Å²) in [7, 11) is 0. The SMILES string of the molecule is CC(NC1CNC(=O)C1)c1ccc(Br)s1. The third-order valence-electron chi connectivity index (χ3n) is 2.48. The van der Waals surface area contributed by atoms with Gasteiger partial charge in [0.25, 0.3) is 0 Å². The molecule has 1 fully saturated rings. The second-order valence-corrected chi connectivity index (χ2v) is 6.23. The summed E-state index contributed by atoms with van der Waals surface area (Å²) in [4.78, 5) is 12.3. The molecule has 2 N–H and O–H groups in total. The zero-order chi connectivity index (χ0) is 10.8. The number of thiophene rings is 1. The molecule has 5 heteroatoms. The molecule has 3 nitrogen and oxygen atoms in total. The highest BCUT2D eigenvalue weighted by Gasteiger charge is 2.23. The van der Waals surface area contributed by atoms with Crippen LogP contribution in [-0.2, 0) is 4.79 Å². The number of hydrogen-bond acceptors (Lipinski definition) is 3. The first-order valence-corrected chi connectivity index (χ1v) is 6.54. The molecule has 1 aliphatic heterocycles. The Bertz CT molecular complexity index is 366. The monoisotopic (exact) mass is 288 g/mol. The van der Waals surface area contributed by atoms with E-state index in [-0.39, 0.29) is 11.9 Å². The van der Waals surface area contributed by atoms with E-state index in [0.29, 0.717) is 12.5 Å². The molecule has 2 rings (SSSR count). The summed E-state index contributed by atoms with van der Waals surface area (Å²) < 4.78 is 1.15. The Morgan fingerprint density at radius 2 is 2.47 bits per heavy atom. The van der Waals surface area contributed by atoms with Crippen molar-refractivity contribution in [3.05, 3.63) is 20.8 Å². The van der Waals surface area contributed by atoms with E-state index in [1.54, 1.807) is 11.3 Å². The van der Waals surface area contributed by atoms with Crippen LogP contribution in [0.25, 0.3) is 0 Å². The van der Waals surface area contributed by atoms with Crippen molar-refractivity contribution < 1.29 is 4.79 Å². The lowest BCUT2D eigenvalue weighted by molar-refractivity contribution is -0.119. The van der Waals surface area contributed by atoms with Gasteiger partial charge in [0.15, 0.2) is 0 Å². The molecule has 2 atom stereocenters. The smallest absolute Gasteiger partial charge is 0.221 e. The Balaban J connectivity index is 1.92. The minimum absolute atomic E-state index is 0.145. The quantitative estimate of drug-likeness (QED) is 0.894. The Labute approximate surface area is 101 Å². The molecule has 2 heterocycles. The predicted molar refractivity (Wildman–Crippen MR) is 65.0 cm³/mol. The molecule has 0 saturated carbocycles. The second kappa shape index (κ2) is 4.63. The maximum absolute atomic E-state index is 11.0. The first-order chi connectivity index (χ1) is 7.15. The number of halogens is 1. The average molecular weight is 289 g/mol. The molecular formula is C10H13BrN2OS. The van der Waals surface area contributed by atoms with Crippen molar-refractivity contribution in [2.45, 2.75) is 25.4 Å². The lowest BCUT2D eigenvalue weighted by Crippen LogP contribution is -2.32. The molecule has 1 aliphatic rings. The molecule has 0 bridgehead atoms. The van der Waals surface area contributed by atoms with Crippen molar-refractivity contribution >= 4 is 33.2 Å². The lowest BCUT2D eigenvalue weighted by atomic mass is 10.2. The maximum atomic E-state index is 11.0. The summed E-state index contributed by atoms with van der Waals surface area (Å²) in [6.07, 6.45) is 0.594. The molecule has 0 spiro atoms. The molecular weight excluding hydrogens is 276 g/mol. The van der Waals surface area contributed by atoms with E-state index in [1.807, 2.05) is 0 Å². The van der Waals surface area contributed by atoms with Gasteiger partial charge in [0.1, 0.15) is 0 Å². The van der Waals surface area contributed by atoms with Gasteiger partial charge in [0.2, 0.25) is 5.91 Å². The fourth-order valence-corrected chi connectivity index (χ4v) is 3.15. The van der Waals surface area contributed by atoms with Crippen LogP contribution in [0.3, 0.4) is 0 Å². The maximum Gasteiger partial charge on any atom is 0.221 e. The normalized spacial score (nSPS) is 22.8. The second-order valence-electron chi connectivity index (χ2n) is 3.74. The van der Waals surface area contributed by atoms with Gasteiger partial charge in [-0.25, -0.2) is 0 Å². The zero-order valence-electron chi connectivity index (χ0n) is 8.42. The van der Waals surface area contributed by atoms with Gasteiger partial charge in [-0.15, -0.1) is 11.3 Å². The molecule has 82 valence electrons. The van der Waals surface area contributed by atoms with Crippen molar-refractivity contribution in [2.24, 2.45) is 0 Å². The number of carbonyl (C=O) groups excluding carboxylic acids is 1. The van der Waals surface area contributed by atoms with Crippen molar-refractivity contribution in [1.82, 2.24) is 10.6 Å². The highest BCUT2D eigenvalue weighted by Crippen LogP contribution is 2.27. The summed E-state index contributed by atoms with van der Waals surface area (Å²) in [5.41, 5.74) is 0. The van der Waals surface area contributed by atoms with Crippen LogP contribution in [0.15, 0.2) is 15.9 Å². The molecule has 15 heavy (non-hydrogen) atoms. The van der Waals surface area contributed by atoms with Crippen LogP contribution in [0.2, 0.25) is 0 Å². The summed E-state index contributed by atoms with van der Waals surface area (Å²) in [6, 6.07) is 4.74. The van der Waals surface area contributed by atoms with Crippen molar-refractivity contribution in [2.75, 3.05) is 6.54 Å². The summed E-state index contributed by atoms with van der Waals surface area (Å²) in [5.74, 6) is 0.145. The summed E-state index contributed by atoms with van der Waals surface area (Å²) in [6.45, 7) is 2.87. The first-order valence-electron chi connectivity index (χ1n) is 4.93. The minimum atomic E-state index is 0.145. The van der Waals surface area contributed by atoms with Gasteiger partial charge in [-0.1, -0.05) is 0 Å². The topological polar surface area (TPSA) is 41.1 Å². The van der Waals surface area contributed by atoms with Gasteiger partial charge < -0.3 is 10.6 Å². The average Bonchev–Trinajstić information content (AvgIpc) is 2.75. The van der Waals surface area contributed by atoms with Gasteiger partial charge in [0, 0.05) is 29.9 Å². The van der Waals surface area contributed by atoms with Crippen LogP contribution in [0.5, 0.6) is 0 Å². The Morgan fingerprint density at radius 3 is 3.00 bits per heavy atom. The van der Waals surface area contributed by atoms with E-state index in [1.165, 1.54) is 4.88 Å². The van der Waals surface area contributed by atoms with Crippen molar-refractivity contribution in [3.8, 4) is 0 Å². The van der Waals surface area contributed by atoms with E-state index < -0.39 is 0 Å². The van der Waals surface area contributed by atoms with Crippen LogP contribution in [-0.4, -0.2) is 18.5 Å². The standard InChI is InChI=1S/C10H13BrN2OS/c1-6(8-2-3-9(11)15-8)13-7-4-10(14)12-5-7/h2-3,6-7,13H,4-5H2,1H3,(H,12,14). The van der Waals surface area contributed by atoms with Crippen LogP contribution in [0.4, 0.5) is 0 Å². The number of carbonyl (C=O) groups is 1. The Kier molecular flexibility index (Phi) is 3.43. The number of hydrogen-bond donors (Lipinski definition) is 2. The van der Waals surface area contributed by atoms with Gasteiger partial charge in [-0.3, -0.25) is 4.79 Å². The van der Waals surface area contributed by atoms with Crippen molar-refractivity contribution in [3.63, 3.8) is 0 Å². The van der Waals surface area contributed by atoms with E-state index in [2.05, 4.69) is 45.6 Å². The summed E-state index contributed by atoms with van der Waals surface area (Å²) in [5, 5.41) is 6.27. The molecule has 1 saturated heterocycles. The largest absolute Gasteiger partial charge is 0.354 e. The van der Waals surface area contributed by atoms with Gasteiger partial charge >= 0.3 is 0 Å². The van der Waals surface area contributed by atoms with Gasteiger partial charge in [-0.05, 0) is 35.0 Å². The molecule has 2 unspecified atom stereocenters. The van der Waals surface area contributed by atoms with Crippen molar-refractivity contribution in [1.29, 1.82) is 0 Å². The highest BCUT2D eigenvalue weighted by atomic mass is 79.9. The van der Waals surface area contributed by atoms with Crippen LogP contribution in [0, 0.1) is 0 Å². The first kappa shape index (κ1) is 11.1. The fourth-order valence-electron chi connectivity index (χ4n) is 1.72. The van der Waals surface area contributed by atoms with E-state index in [4.69, 9.17) is 0 Å². The van der Waals surface area contributed by atoms with Crippen LogP contribution < -0.4 is 10.6 Å². The Hall–Kier alpha value is -0.390. The molecule has 0 radical (unpaired) electrons. The number of nitrogens with one attached hydrogen (secondary N) is 2. The predicted octanol–water partition coefficient (Wildman–Crippen LogP) is 2.05. The molecule has 1 aromatic rings. The van der Waals surface area contributed by atoms with E-state index in [9.17, 15) is 4.79 Å². The van der Waals surface area contributed by atoms with Crippen LogP contribution >= 0.6 is 27.3 Å². The van der Waals surface area contributed by atoms with Gasteiger partial charge in [0.05, 0.1) is 3.79 Å².